The van der Waals surface area contributed by atoms with Crippen LogP contribution in [0.5, 0.6) is 0 Å². The lowest BCUT2D eigenvalue weighted by molar-refractivity contribution is 0.951. The predicted octanol–water partition coefficient (Wildman–Crippen LogP) is 2.60. The molecule has 2 rings (SSSR count). The summed E-state index contributed by atoms with van der Waals surface area (Å²) in [5, 5.41) is 3.33. The van der Waals surface area contributed by atoms with E-state index in [0.717, 1.165) is 24.5 Å². The quantitative estimate of drug-likeness (QED) is 0.695. The Bertz CT molecular complexity index is 329. The molecule has 0 bridgehead atoms. The second-order valence-corrected chi connectivity index (χ2v) is 3.43. The summed E-state index contributed by atoms with van der Waals surface area (Å²) >= 11 is 0. The number of amidine groups is 1. The number of anilines is 1. The van der Waals surface area contributed by atoms with Crippen molar-refractivity contribution < 1.29 is 0 Å². The van der Waals surface area contributed by atoms with E-state index >= 15 is 0 Å². The van der Waals surface area contributed by atoms with Gasteiger partial charge in [-0.15, -0.1) is 0 Å². The highest BCUT2D eigenvalue weighted by atomic mass is 15.0. The molecule has 0 saturated carbocycles. The smallest absolute Gasteiger partial charge is 0.101 e. The van der Waals surface area contributed by atoms with Gasteiger partial charge in [-0.1, -0.05) is 12.1 Å². The van der Waals surface area contributed by atoms with Crippen LogP contribution in [0.1, 0.15) is 18.4 Å². The van der Waals surface area contributed by atoms with E-state index in [1.54, 1.807) is 0 Å². The van der Waals surface area contributed by atoms with Crippen LogP contribution in [-0.4, -0.2) is 12.4 Å². The number of rotatable bonds is 1. The fraction of sp³-hybridized carbons (Fsp3) is 0.364. The first kappa shape index (κ1) is 8.30. The largest absolute Gasteiger partial charge is 0.344 e. The molecule has 0 fully saturated rings. The number of aryl methyl sites for hydroxylation is 1. The summed E-state index contributed by atoms with van der Waals surface area (Å²) in [7, 11) is 0. The van der Waals surface area contributed by atoms with E-state index in [2.05, 4.69) is 41.5 Å². The monoisotopic (exact) mass is 174 g/mol. The van der Waals surface area contributed by atoms with Crippen LogP contribution in [0.2, 0.25) is 0 Å². The molecule has 0 saturated heterocycles. The van der Waals surface area contributed by atoms with Crippen molar-refractivity contribution in [2.75, 3.05) is 11.9 Å². The number of aliphatic imine (C=N–C) groups is 1. The first-order chi connectivity index (χ1) is 6.34. The second-order valence-electron chi connectivity index (χ2n) is 3.43. The third kappa shape index (κ3) is 2.08. The number of nitrogens with zero attached hydrogens (tertiary/aromatic N) is 1. The minimum absolute atomic E-state index is 0.980. The summed E-state index contributed by atoms with van der Waals surface area (Å²) in [6.07, 6.45) is 2.28. The van der Waals surface area contributed by atoms with Gasteiger partial charge in [0.25, 0.3) is 0 Å². The lowest BCUT2D eigenvalue weighted by Crippen LogP contribution is -2.07. The van der Waals surface area contributed by atoms with Gasteiger partial charge in [0.15, 0.2) is 0 Å². The van der Waals surface area contributed by atoms with Crippen molar-refractivity contribution >= 4 is 11.5 Å². The van der Waals surface area contributed by atoms with Crippen LogP contribution in [0.4, 0.5) is 5.69 Å². The van der Waals surface area contributed by atoms with E-state index in [-0.39, 0.29) is 0 Å². The minimum Gasteiger partial charge on any atom is -0.344 e. The SMILES string of the molecule is Cc1cccc(NC2=NCCC2)c1. The fourth-order valence-electron chi connectivity index (χ4n) is 1.53. The van der Waals surface area contributed by atoms with Gasteiger partial charge < -0.3 is 5.32 Å². The van der Waals surface area contributed by atoms with Crippen molar-refractivity contribution in [3.05, 3.63) is 29.8 Å². The van der Waals surface area contributed by atoms with Gasteiger partial charge in [0.1, 0.15) is 5.84 Å². The Morgan fingerprint density at radius 1 is 1.38 bits per heavy atom. The van der Waals surface area contributed by atoms with Crippen LogP contribution in [0.25, 0.3) is 0 Å². The molecule has 2 heteroatoms. The molecule has 1 aliphatic heterocycles. The Morgan fingerprint density at radius 2 is 2.31 bits per heavy atom. The third-order valence-corrected chi connectivity index (χ3v) is 2.18. The molecule has 0 aliphatic carbocycles. The van der Waals surface area contributed by atoms with Crippen LogP contribution < -0.4 is 5.32 Å². The lowest BCUT2D eigenvalue weighted by Gasteiger charge is -2.05. The number of hydrogen-bond donors (Lipinski definition) is 1. The molecule has 1 heterocycles. The maximum absolute atomic E-state index is 4.37. The van der Waals surface area contributed by atoms with Gasteiger partial charge in [-0.3, -0.25) is 4.99 Å². The number of nitrogens with one attached hydrogen (secondary N) is 1. The average molecular weight is 174 g/mol. The Kier molecular flexibility index (Phi) is 2.30. The average Bonchev–Trinajstić information content (AvgIpc) is 2.57. The maximum Gasteiger partial charge on any atom is 0.101 e. The molecule has 1 aromatic rings. The van der Waals surface area contributed by atoms with E-state index in [4.69, 9.17) is 0 Å². The molecule has 0 unspecified atom stereocenters. The first-order valence-corrected chi connectivity index (χ1v) is 4.71. The molecule has 13 heavy (non-hydrogen) atoms. The van der Waals surface area contributed by atoms with Crippen molar-refractivity contribution in [3.8, 4) is 0 Å². The molecular formula is C11H14N2. The van der Waals surface area contributed by atoms with Crippen LogP contribution in [-0.2, 0) is 0 Å². The Hall–Kier alpha value is -1.31. The van der Waals surface area contributed by atoms with Gasteiger partial charge in [0.05, 0.1) is 0 Å². The Morgan fingerprint density at radius 3 is 3.00 bits per heavy atom. The van der Waals surface area contributed by atoms with E-state index in [1.807, 2.05) is 0 Å². The van der Waals surface area contributed by atoms with Crippen LogP contribution >= 0.6 is 0 Å². The minimum atomic E-state index is 0.980. The van der Waals surface area contributed by atoms with E-state index in [9.17, 15) is 0 Å². The van der Waals surface area contributed by atoms with E-state index in [1.165, 1.54) is 12.0 Å². The first-order valence-electron chi connectivity index (χ1n) is 4.71. The highest BCUT2D eigenvalue weighted by Crippen LogP contribution is 2.12. The molecule has 0 amide bonds. The molecule has 1 aliphatic rings. The van der Waals surface area contributed by atoms with Crippen molar-refractivity contribution in [1.82, 2.24) is 0 Å². The summed E-state index contributed by atoms with van der Waals surface area (Å²) in [4.78, 5) is 4.37. The highest BCUT2D eigenvalue weighted by molar-refractivity contribution is 5.96. The van der Waals surface area contributed by atoms with Gasteiger partial charge in [0, 0.05) is 18.7 Å². The Labute approximate surface area is 78.7 Å². The summed E-state index contributed by atoms with van der Waals surface area (Å²) in [5.41, 5.74) is 2.43. The normalized spacial score (nSPS) is 15.6. The number of hydrogen-bond acceptors (Lipinski definition) is 2. The molecule has 2 nitrogen and oxygen atoms in total. The summed E-state index contributed by atoms with van der Waals surface area (Å²) < 4.78 is 0. The second kappa shape index (κ2) is 3.60. The molecule has 68 valence electrons. The van der Waals surface area contributed by atoms with Crippen LogP contribution in [0, 0.1) is 6.92 Å². The van der Waals surface area contributed by atoms with Crippen molar-refractivity contribution in [1.29, 1.82) is 0 Å². The summed E-state index contributed by atoms with van der Waals surface area (Å²) in [5.74, 6) is 1.13. The topological polar surface area (TPSA) is 24.4 Å². The zero-order chi connectivity index (χ0) is 9.10. The molecule has 0 radical (unpaired) electrons. The van der Waals surface area contributed by atoms with Crippen molar-refractivity contribution in [2.45, 2.75) is 19.8 Å². The Balaban J connectivity index is 2.09. The number of benzene rings is 1. The van der Waals surface area contributed by atoms with Crippen LogP contribution in [0.3, 0.4) is 0 Å². The zero-order valence-electron chi connectivity index (χ0n) is 7.88. The zero-order valence-corrected chi connectivity index (χ0v) is 7.88. The molecule has 0 aromatic heterocycles. The van der Waals surface area contributed by atoms with Gasteiger partial charge in [-0.25, -0.2) is 0 Å². The predicted molar refractivity (Wildman–Crippen MR) is 56.3 cm³/mol. The summed E-state index contributed by atoms with van der Waals surface area (Å²) in [6, 6.07) is 8.38. The van der Waals surface area contributed by atoms with Gasteiger partial charge in [-0.2, -0.15) is 0 Å². The fourth-order valence-corrected chi connectivity index (χ4v) is 1.53. The van der Waals surface area contributed by atoms with Gasteiger partial charge >= 0.3 is 0 Å². The van der Waals surface area contributed by atoms with Crippen molar-refractivity contribution in [3.63, 3.8) is 0 Å². The van der Waals surface area contributed by atoms with Gasteiger partial charge in [0.2, 0.25) is 0 Å². The van der Waals surface area contributed by atoms with Crippen molar-refractivity contribution in [2.24, 2.45) is 4.99 Å². The molecule has 0 spiro atoms. The van der Waals surface area contributed by atoms with E-state index in [0.29, 0.717) is 0 Å². The highest BCUT2D eigenvalue weighted by Gasteiger charge is 2.05. The standard InChI is InChI=1S/C11H14N2/c1-9-4-2-5-10(8-9)13-11-6-3-7-12-11/h2,4-5,8H,3,6-7H2,1H3,(H,12,13). The molecule has 1 aromatic carbocycles. The molecular weight excluding hydrogens is 160 g/mol. The van der Waals surface area contributed by atoms with E-state index < -0.39 is 0 Å². The third-order valence-electron chi connectivity index (χ3n) is 2.18. The summed E-state index contributed by atoms with van der Waals surface area (Å²) in [6.45, 7) is 3.08. The molecule has 1 N–H and O–H groups in total. The van der Waals surface area contributed by atoms with Crippen LogP contribution in [0.15, 0.2) is 29.3 Å². The van der Waals surface area contributed by atoms with Gasteiger partial charge in [-0.05, 0) is 31.0 Å². The molecule has 0 atom stereocenters. The lowest BCUT2D eigenvalue weighted by atomic mass is 10.2. The maximum atomic E-state index is 4.37.